The fraction of sp³-hybridized carbons (Fsp3) is 0.480. The molecule has 1 amide bonds. The summed E-state index contributed by atoms with van der Waals surface area (Å²) in [6, 6.07) is 7.70. The van der Waals surface area contributed by atoms with Gasteiger partial charge >= 0.3 is 0 Å². The highest BCUT2D eigenvalue weighted by Crippen LogP contribution is 2.25. The molecule has 0 aliphatic carbocycles. The average Bonchev–Trinajstić information content (AvgIpc) is 3.06. The number of fused-ring (bicyclic) bond motifs is 1. The van der Waals surface area contributed by atoms with E-state index in [4.69, 9.17) is 11.6 Å². The maximum absolute atomic E-state index is 13.2. The van der Waals surface area contributed by atoms with Gasteiger partial charge in [-0.05, 0) is 45.5 Å². The molecule has 2 aromatic heterocycles. The molecule has 8 nitrogen and oxygen atoms in total. The first-order valence-corrected chi connectivity index (χ1v) is 12.2. The van der Waals surface area contributed by atoms with Gasteiger partial charge in [0.1, 0.15) is 6.54 Å². The minimum atomic E-state index is -0.247. The smallest absolute Gasteiger partial charge is 0.276 e. The van der Waals surface area contributed by atoms with Crippen LogP contribution in [0.4, 0.5) is 0 Å². The van der Waals surface area contributed by atoms with Gasteiger partial charge in [0.15, 0.2) is 0 Å². The minimum absolute atomic E-state index is 0.0858. The van der Waals surface area contributed by atoms with Crippen LogP contribution in [0.1, 0.15) is 23.4 Å². The maximum Gasteiger partial charge on any atom is 0.276 e. The fourth-order valence-electron chi connectivity index (χ4n) is 4.59. The molecular weight excluding hydrogens is 452 g/mol. The van der Waals surface area contributed by atoms with Gasteiger partial charge in [0.25, 0.3) is 5.56 Å². The molecule has 9 heteroatoms. The number of carbonyl (C=O) groups is 1. The van der Waals surface area contributed by atoms with Gasteiger partial charge in [-0.3, -0.25) is 9.59 Å². The second kappa shape index (κ2) is 10.7. The summed E-state index contributed by atoms with van der Waals surface area (Å²) in [6.07, 6.45) is 2.57. The fourth-order valence-corrected chi connectivity index (χ4v) is 4.78. The number of carbonyl (C=O) groups excluding carboxylic acids is 1. The van der Waals surface area contributed by atoms with Crippen molar-refractivity contribution in [3.63, 3.8) is 0 Å². The van der Waals surface area contributed by atoms with Crippen molar-refractivity contribution in [1.29, 1.82) is 0 Å². The summed E-state index contributed by atoms with van der Waals surface area (Å²) in [5.74, 6) is -0.197. The van der Waals surface area contributed by atoms with Gasteiger partial charge in [-0.1, -0.05) is 29.8 Å². The zero-order chi connectivity index (χ0) is 24.2. The summed E-state index contributed by atoms with van der Waals surface area (Å²) >= 11 is 6.35. The number of benzene rings is 1. The van der Waals surface area contributed by atoms with Crippen molar-refractivity contribution in [2.75, 3.05) is 46.3 Å². The molecule has 1 aliphatic rings. The number of amides is 1. The first-order valence-electron chi connectivity index (χ1n) is 11.8. The average molecular weight is 485 g/mol. The molecule has 34 heavy (non-hydrogen) atoms. The van der Waals surface area contributed by atoms with Crippen LogP contribution in [0.15, 0.2) is 35.3 Å². The zero-order valence-electron chi connectivity index (χ0n) is 20.2. The van der Waals surface area contributed by atoms with Gasteiger partial charge in [0, 0.05) is 61.1 Å². The largest absolute Gasteiger partial charge is 0.354 e. The molecule has 4 rings (SSSR count). The Hall–Kier alpha value is -2.68. The van der Waals surface area contributed by atoms with Crippen LogP contribution in [0.3, 0.4) is 0 Å². The van der Waals surface area contributed by atoms with Crippen LogP contribution in [-0.4, -0.2) is 76.4 Å². The second-order valence-corrected chi connectivity index (χ2v) is 9.50. The van der Waals surface area contributed by atoms with Crippen molar-refractivity contribution < 1.29 is 4.79 Å². The van der Waals surface area contributed by atoms with Crippen molar-refractivity contribution in [1.82, 2.24) is 29.5 Å². The number of aromatic nitrogens is 3. The quantitative estimate of drug-likeness (QED) is 0.496. The van der Waals surface area contributed by atoms with Crippen LogP contribution in [0.5, 0.6) is 0 Å². The van der Waals surface area contributed by atoms with Crippen LogP contribution in [0.25, 0.3) is 10.8 Å². The zero-order valence-corrected chi connectivity index (χ0v) is 20.9. The Balaban J connectivity index is 1.41. The van der Waals surface area contributed by atoms with Crippen LogP contribution in [0, 0.1) is 13.8 Å². The third-order valence-electron chi connectivity index (χ3n) is 6.75. The van der Waals surface area contributed by atoms with E-state index in [1.807, 2.05) is 38.1 Å². The summed E-state index contributed by atoms with van der Waals surface area (Å²) in [6.45, 7) is 10.3. The van der Waals surface area contributed by atoms with Crippen LogP contribution in [-0.2, 0) is 17.9 Å². The molecule has 182 valence electrons. The lowest BCUT2D eigenvalue weighted by molar-refractivity contribution is -0.121. The van der Waals surface area contributed by atoms with Crippen molar-refractivity contribution in [2.45, 2.75) is 33.4 Å². The van der Waals surface area contributed by atoms with E-state index in [1.54, 1.807) is 6.20 Å². The van der Waals surface area contributed by atoms with Crippen LogP contribution in [0.2, 0.25) is 5.02 Å². The Morgan fingerprint density at radius 3 is 2.59 bits per heavy atom. The van der Waals surface area contributed by atoms with E-state index in [1.165, 1.54) is 4.68 Å². The molecule has 0 radical (unpaired) electrons. The molecule has 0 unspecified atom stereocenters. The van der Waals surface area contributed by atoms with Crippen LogP contribution >= 0.6 is 11.6 Å². The van der Waals surface area contributed by atoms with Gasteiger partial charge in [-0.15, -0.1) is 0 Å². The standard InChI is InChI=1S/C25H33ClN6O2/c1-18-21-15-28-32(17-23(33)27-9-6-10-30-13-11-29(3)12-14-30)25(34)24(21)19(2)31(18)16-20-7-4-5-8-22(20)26/h4-5,7-8,15H,6,9-14,16-17H2,1-3H3,(H,27,33). The summed E-state index contributed by atoms with van der Waals surface area (Å²) in [4.78, 5) is 30.4. The van der Waals surface area contributed by atoms with Gasteiger partial charge < -0.3 is 19.7 Å². The van der Waals surface area contributed by atoms with E-state index in [-0.39, 0.29) is 18.0 Å². The highest BCUT2D eigenvalue weighted by atomic mass is 35.5. The predicted octanol–water partition coefficient (Wildman–Crippen LogP) is 2.27. The maximum atomic E-state index is 13.2. The summed E-state index contributed by atoms with van der Waals surface area (Å²) in [7, 11) is 2.14. The highest BCUT2D eigenvalue weighted by molar-refractivity contribution is 6.31. The number of nitrogens with zero attached hydrogens (tertiary/aromatic N) is 5. The monoisotopic (exact) mass is 484 g/mol. The molecular formula is C25H33ClN6O2. The molecule has 3 aromatic rings. The summed E-state index contributed by atoms with van der Waals surface area (Å²) < 4.78 is 3.34. The Morgan fingerprint density at radius 1 is 1.12 bits per heavy atom. The van der Waals surface area contributed by atoms with Crippen molar-refractivity contribution in [3.05, 3.63) is 62.8 Å². The van der Waals surface area contributed by atoms with E-state index in [0.29, 0.717) is 23.5 Å². The second-order valence-electron chi connectivity index (χ2n) is 9.09. The first kappa shape index (κ1) is 24.4. The Bertz CT molecular complexity index is 1230. The lowest BCUT2D eigenvalue weighted by Crippen LogP contribution is -2.45. The summed E-state index contributed by atoms with van der Waals surface area (Å²) in [5, 5.41) is 9.31. The molecule has 1 aromatic carbocycles. The van der Waals surface area contributed by atoms with E-state index in [2.05, 4.69) is 31.8 Å². The Labute approximate surface area is 205 Å². The van der Waals surface area contributed by atoms with Gasteiger partial charge in [-0.25, -0.2) is 4.68 Å². The van der Waals surface area contributed by atoms with Crippen molar-refractivity contribution >= 4 is 28.3 Å². The van der Waals surface area contributed by atoms with Crippen molar-refractivity contribution in [3.8, 4) is 0 Å². The van der Waals surface area contributed by atoms with E-state index in [0.717, 1.165) is 61.5 Å². The number of halogens is 1. The molecule has 1 saturated heterocycles. The van der Waals surface area contributed by atoms with E-state index in [9.17, 15) is 9.59 Å². The number of hydrogen-bond acceptors (Lipinski definition) is 5. The minimum Gasteiger partial charge on any atom is -0.354 e. The van der Waals surface area contributed by atoms with E-state index < -0.39 is 0 Å². The lowest BCUT2D eigenvalue weighted by atomic mass is 10.2. The van der Waals surface area contributed by atoms with E-state index >= 15 is 0 Å². The lowest BCUT2D eigenvalue weighted by Gasteiger charge is -2.32. The molecule has 0 saturated carbocycles. The first-order chi connectivity index (χ1) is 16.3. The summed E-state index contributed by atoms with van der Waals surface area (Å²) in [5.41, 5.74) is 2.54. The third-order valence-corrected chi connectivity index (χ3v) is 7.12. The number of likely N-dealkylation sites (N-methyl/N-ethyl adjacent to an activating group) is 1. The molecule has 0 atom stereocenters. The number of piperazine rings is 1. The Kier molecular flexibility index (Phi) is 7.70. The highest BCUT2D eigenvalue weighted by Gasteiger charge is 2.18. The van der Waals surface area contributed by atoms with Gasteiger partial charge in [0.05, 0.1) is 11.6 Å². The number of hydrogen-bond donors (Lipinski definition) is 1. The Morgan fingerprint density at radius 2 is 1.85 bits per heavy atom. The SMILES string of the molecule is Cc1c2cnn(CC(=O)NCCCN3CCN(C)CC3)c(=O)c2c(C)n1Cc1ccccc1Cl. The number of rotatable bonds is 8. The molecule has 3 heterocycles. The molecule has 1 N–H and O–H groups in total. The van der Waals surface area contributed by atoms with Gasteiger partial charge in [0.2, 0.25) is 5.91 Å². The molecule has 0 spiro atoms. The van der Waals surface area contributed by atoms with Crippen molar-refractivity contribution in [2.24, 2.45) is 0 Å². The molecule has 0 bridgehead atoms. The predicted molar refractivity (Wildman–Crippen MR) is 136 cm³/mol. The normalized spacial score (nSPS) is 15.2. The van der Waals surface area contributed by atoms with Gasteiger partial charge in [-0.2, -0.15) is 5.10 Å². The molecule has 1 fully saturated rings. The number of aryl methyl sites for hydroxylation is 2. The van der Waals surface area contributed by atoms with Crippen LogP contribution < -0.4 is 10.9 Å². The third kappa shape index (κ3) is 5.35. The number of nitrogens with one attached hydrogen (secondary N) is 1. The molecule has 1 aliphatic heterocycles. The topological polar surface area (TPSA) is 75.4 Å².